The monoisotopic (exact) mass is 309 g/mol. The summed E-state index contributed by atoms with van der Waals surface area (Å²) in [6.07, 6.45) is -0.430. The molecule has 114 valence electrons. The molecule has 2 aliphatic rings. The molecule has 2 aromatic rings. The number of non-ortho nitro benzene ring substituents is 1. The van der Waals surface area contributed by atoms with Gasteiger partial charge in [0.2, 0.25) is 0 Å². The number of nitro benzene ring substituents is 1. The molecular formula is C17H11NO5. The van der Waals surface area contributed by atoms with E-state index in [1.807, 2.05) is 0 Å². The molecule has 0 bridgehead atoms. The third kappa shape index (κ3) is 2.03. The number of nitrogens with zero attached hydrogens (tertiary/aromatic N) is 1. The van der Waals surface area contributed by atoms with Gasteiger partial charge in [0, 0.05) is 17.7 Å². The minimum Gasteiger partial charge on any atom is -0.488 e. The van der Waals surface area contributed by atoms with Crippen LogP contribution in [0, 0.1) is 22.0 Å². The van der Waals surface area contributed by atoms with E-state index in [0.29, 0.717) is 16.9 Å². The van der Waals surface area contributed by atoms with Crippen molar-refractivity contribution in [3.05, 3.63) is 69.8 Å². The van der Waals surface area contributed by atoms with Crippen LogP contribution in [0.5, 0.6) is 5.75 Å². The molecule has 1 aliphatic carbocycles. The second-order valence-electron chi connectivity index (χ2n) is 5.66. The summed E-state index contributed by atoms with van der Waals surface area (Å²) < 4.78 is 5.74. The Labute approximate surface area is 130 Å². The highest BCUT2D eigenvalue weighted by molar-refractivity contribution is 6.11. The van der Waals surface area contributed by atoms with Crippen LogP contribution in [-0.2, 0) is 0 Å². The van der Waals surface area contributed by atoms with Gasteiger partial charge in [-0.1, -0.05) is 12.1 Å². The minimum atomic E-state index is -0.519. The first-order valence-electron chi connectivity index (χ1n) is 7.16. The van der Waals surface area contributed by atoms with Crippen LogP contribution in [0.15, 0.2) is 48.5 Å². The van der Waals surface area contributed by atoms with Gasteiger partial charge in [-0.25, -0.2) is 0 Å². The van der Waals surface area contributed by atoms with Gasteiger partial charge >= 0.3 is 0 Å². The van der Waals surface area contributed by atoms with E-state index in [1.165, 1.54) is 24.3 Å². The maximum atomic E-state index is 12.5. The molecule has 1 saturated carbocycles. The SMILES string of the molecule is O=C(c1ccc([N+](=O)[O-])cc1)[C@H]1[C@@H]2Oc3ccccc3C(=O)[C@@H]21. The summed E-state index contributed by atoms with van der Waals surface area (Å²) in [4.78, 5) is 35.1. The average Bonchev–Trinajstić information content (AvgIpc) is 3.29. The molecule has 6 nitrogen and oxygen atoms in total. The summed E-state index contributed by atoms with van der Waals surface area (Å²) in [5, 5.41) is 10.7. The zero-order valence-corrected chi connectivity index (χ0v) is 11.8. The van der Waals surface area contributed by atoms with Crippen molar-refractivity contribution in [2.75, 3.05) is 0 Å². The second-order valence-corrected chi connectivity index (χ2v) is 5.66. The lowest BCUT2D eigenvalue weighted by atomic mass is 10.0. The molecule has 0 spiro atoms. The van der Waals surface area contributed by atoms with Gasteiger partial charge in [0.1, 0.15) is 11.9 Å². The highest BCUT2D eigenvalue weighted by atomic mass is 16.6. The van der Waals surface area contributed by atoms with Crippen LogP contribution in [0.3, 0.4) is 0 Å². The van der Waals surface area contributed by atoms with E-state index >= 15 is 0 Å². The van der Waals surface area contributed by atoms with Crippen molar-refractivity contribution in [1.82, 2.24) is 0 Å². The Kier molecular flexibility index (Phi) is 2.81. The van der Waals surface area contributed by atoms with Crippen LogP contribution in [0.4, 0.5) is 5.69 Å². The van der Waals surface area contributed by atoms with E-state index in [9.17, 15) is 19.7 Å². The quantitative estimate of drug-likeness (QED) is 0.494. The highest BCUT2D eigenvalue weighted by Gasteiger charge is 2.63. The minimum absolute atomic E-state index is 0.0721. The molecule has 2 aromatic carbocycles. The van der Waals surface area contributed by atoms with Gasteiger partial charge in [-0.05, 0) is 24.3 Å². The molecule has 0 amide bonds. The number of para-hydroxylation sites is 1. The maximum absolute atomic E-state index is 12.5. The van der Waals surface area contributed by atoms with E-state index in [2.05, 4.69) is 0 Å². The smallest absolute Gasteiger partial charge is 0.269 e. The van der Waals surface area contributed by atoms with Crippen LogP contribution in [0.2, 0.25) is 0 Å². The molecule has 1 aliphatic heterocycles. The third-order valence-electron chi connectivity index (χ3n) is 4.34. The molecule has 0 saturated heterocycles. The second kappa shape index (κ2) is 4.74. The Morgan fingerprint density at radius 1 is 1.09 bits per heavy atom. The maximum Gasteiger partial charge on any atom is 0.269 e. The number of ketones is 2. The molecule has 1 heterocycles. The van der Waals surface area contributed by atoms with Gasteiger partial charge in [0.15, 0.2) is 11.6 Å². The number of benzene rings is 2. The van der Waals surface area contributed by atoms with E-state index < -0.39 is 22.9 Å². The number of nitro groups is 1. The number of hydrogen-bond donors (Lipinski definition) is 0. The van der Waals surface area contributed by atoms with Gasteiger partial charge in [0.25, 0.3) is 5.69 Å². The normalized spacial score (nSPS) is 24.2. The molecule has 3 atom stereocenters. The number of carbonyl (C=O) groups excluding carboxylic acids is 2. The Hall–Kier alpha value is -3.02. The van der Waals surface area contributed by atoms with Crippen molar-refractivity contribution in [1.29, 1.82) is 0 Å². The number of ether oxygens (including phenoxy) is 1. The summed E-state index contributed by atoms with van der Waals surface area (Å²) in [5.41, 5.74) is 0.790. The average molecular weight is 309 g/mol. The number of carbonyl (C=O) groups is 2. The summed E-state index contributed by atoms with van der Waals surface area (Å²) in [5.74, 6) is -0.741. The first-order chi connectivity index (χ1) is 11.1. The Bertz CT molecular complexity index is 842. The predicted octanol–water partition coefficient (Wildman–Crippen LogP) is 2.67. The number of rotatable bonds is 3. The third-order valence-corrected chi connectivity index (χ3v) is 4.34. The molecule has 4 rings (SSSR count). The summed E-state index contributed by atoms with van der Waals surface area (Å²) >= 11 is 0. The lowest BCUT2D eigenvalue weighted by molar-refractivity contribution is -0.384. The number of Topliss-reactive ketones (excluding diaryl/α,β-unsaturated/α-hetero) is 2. The van der Waals surface area contributed by atoms with Crippen molar-refractivity contribution in [2.45, 2.75) is 6.10 Å². The molecular weight excluding hydrogens is 298 g/mol. The van der Waals surface area contributed by atoms with Gasteiger partial charge in [0.05, 0.1) is 22.3 Å². The molecule has 23 heavy (non-hydrogen) atoms. The standard InChI is InChI=1S/C17H11NO5/c19-15(9-5-7-10(8-6-9)18(21)22)13-14-16(20)11-3-1-2-4-12(11)23-17(13)14/h1-8,13-14,17H/t13-,14-,17-/m0/s1. The van der Waals surface area contributed by atoms with Gasteiger partial charge < -0.3 is 4.74 Å². The van der Waals surface area contributed by atoms with Crippen LogP contribution in [0.1, 0.15) is 20.7 Å². The lowest BCUT2D eigenvalue weighted by Crippen LogP contribution is -2.16. The first-order valence-corrected chi connectivity index (χ1v) is 7.16. The molecule has 1 fully saturated rings. The lowest BCUT2D eigenvalue weighted by Gasteiger charge is -2.14. The Balaban J connectivity index is 1.58. The van der Waals surface area contributed by atoms with E-state index in [0.717, 1.165) is 0 Å². The molecule has 0 aromatic heterocycles. The van der Waals surface area contributed by atoms with Crippen molar-refractivity contribution in [3.8, 4) is 5.75 Å². The van der Waals surface area contributed by atoms with E-state index in [1.54, 1.807) is 24.3 Å². The van der Waals surface area contributed by atoms with Crippen LogP contribution in [-0.4, -0.2) is 22.6 Å². The van der Waals surface area contributed by atoms with E-state index in [-0.39, 0.29) is 17.3 Å². The summed E-state index contributed by atoms with van der Waals surface area (Å²) in [6.45, 7) is 0. The zero-order valence-electron chi connectivity index (χ0n) is 11.8. The van der Waals surface area contributed by atoms with Crippen LogP contribution < -0.4 is 4.74 Å². The fourth-order valence-corrected chi connectivity index (χ4v) is 3.09. The summed E-state index contributed by atoms with van der Waals surface area (Å²) in [7, 11) is 0. The number of hydrogen-bond acceptors (Lipinski definition) is 5. The van der Waals surface area contributed by atoms with Gasteiger partial charge in [-0.3, -0.25) is 19.7 Å². The summed E-state index contributed by atoms with van der Waals surface area (Å²) in [6, 6.07) is 12.4. The highest BCUT2D eigenvalue weighted by Crippen LogP contribution is 2.50. The topological polar surface area (TPSA) is 86.5 Å². The Morgan fingerprint density at radius 2 is 1.78 bits per heavy atom. The molecule has 0 N–H and O–H groups in total. The van der Waals surface area contributed by atoms with E-state index in [4.69, 9.17) is 4.74 Å². The van der Waals surface area contributed by atoms with Crippen molar-refractivity contribution >= 4 is 17.3 Å². The van der Waals surface area contributed by atoms with Crippen molar-refractivity contribution in [3.63, 3.8) is 0 Å². The fraction of sp³-hybridized carbons (Fsp3) is 0.176. The van der Waals surface area contributed by atoms with Crippen LogP contribution in [0.25, 0.3) is 0 Å². The van der Waals surface area contributed by atoms with Crippen molar-refractivity contribution in [2.24, 2.45) is 11.8 Å². The van der Waals surface area contributed by atoms with Gasteiger partial charge in [-0.2, -0.15) is 0 Å². The fourth-order valence-electron chi connectivity index (χ4n) is 3.09. The molecule has 0 unspecified atom stereocenters. The van der Waals surface area contributed by atoms with Gasteiger partial charge in [-0.15, -0.1) is 0 Å². The molecule has 6 heteroatoms. The number of fused-ring (bicyclic) bond motifs is 2. The largest absolute Gasteiger partial charge is 0.488 e. The van der Waals surface area contributed by atoms with Crippen molar-refractivity contribution < 1.29 is 19.2 Å². The first kappa shape index (κ1) is 13.6. The molecule has 0 radical (unpaired) electrons. The van der Waals surface area contributed by atoms with Crippen LogP contribution >= 0.6 is 0 Å². The Morgan fingerprint density at radius 3 is 2.48 bits per heavy atom. The zero-order chi connectivity index (χ0) is 16.1. The predicted molar refractivity (Wildman–Crippen MR) is 79.6 cm³/mol.